The van der Waals surface area contributed by atoms with Gasteiger partial charge in [0.05, 0.1) is 16.1 Å². The second kappa shape index (κ2) is 5.80. The molecular formula is C12H12ClN5O3. The number of halogens is 1. The van der Waals surface area contributed by atoms with Crippen molar-refractivity contribution >= 4 is 28.9 Å². The molecule has 0 aliphatic rings. The number of carbonyl (C=O) groups is 1. The van der Waals surface area contributed by atoms with Gasteiger partial charge >= 0.3 is 0 Å². The van der Waals surface area contributed by atoms with Crippen molar-refractivity contribution in [1.29, 1.82) is 0 Å². The van der Waals surface area contributed by atoms with Crippen LogP contribution in [-0.4, -0.2) is 21.0 Å². The van der Waals surface area contributed by atoms with Gasteiger partial charge in [0.25, 0.3) is 11.6 Å². The summed E-state index contributed by atoms with van der Waals surface area (Å²) in [5.74, 6) is -0.486. The summed E-state index contributed by atoms with van der Waals surface area (Å²) < 4.78 is 0. The molecule has 1 aromatic carbocycles. The van der Waals surface area contributed by atoms with Crippen LogP contribution in [0.15, 0.2) is 18.3 Å². The molecule has 8 nitrogen and oxygen atoms in total. The Morgan fingerprint density at radius 1 is 1.57 bits per heavy atom. The van der Waals surface area contributed by atoms with Gasteiger partial charge in [-0.05, 0) is 13.0 Å². The molecule has 2 rings (SSSR count). The van der Waals surface area contributed by atoms with Crippen molar-refractivity contribution < 1.29 is 9.72 Å². The van der Waals surface area contributed by atoms with Gasteiger partial charge < -0.3 is 11.1 Å². The first-order chi connectivity index (χ1) is 9.90. The van der Waals surface area contributed by atoms with E-state index in [-0.39, 0.29) is 22.8 Å². The standard InChI is InChI=1S/C12H12ClN5O3/c1-6-8(5-16-17-6)4-15-12(19)7-2-9(13)11(14)10(3-7)18(20)21/h2-3,5H,4,14H2,1H3,(H,15,19)(H,16,17). The van der Waals surface area contributed by atoms with E-state index in [2.05, 4.69) is 15.5 Å². The number of carbonyl (C=O) groups excluding carboxylic acids is 1. The van der Waals surface area contributed by atoms with E-state index in [1.165, 1.54) is 6.07 Å². The highest BCUT2D eigenvalue weighted by Crippen LogP contribution is 2.30. The summed E-state index contributed by atoms with van der Waals surface area (Å²) in [4.78, 5) is 22.2. The number of anilines is 1. The summed E-state index contributed by atoms with van der Waals surface area (Å²) in [5, 5.41) is 20.0. The van der Waals surface area contributed by atoms with Gasteiger partial charge in [-0.25, -0.2) is 0 Å². The molecule has 0 unspecified atom stereocenters. The van der Waals surface area contributed by atoms with Crippen LogP contribution in [0.5, 0.6) is 0 Å². The van der Waals surface area contributed by atoms with E-state index in [0.717, 1.165) is 17.3 Å². The zero-order chi connectivity index (χ0) is 15.6. The first-order valence-corrected chi connectivity index (χ1v) is 6.28. The number of nitrogens with two attached hydrogens (primary N) is 1. The van der Waals surface area contributed by atoms with Gasteiger partial charge in [0.1, 0.15) is 5.69 Å². The Morgan fingerprint density at radius 2 is 2.29 bits per heavy atom. The van der Waals surface area contributed by atoms with E-state index in [0.29, 0.717) is 0 Å². The highest BCUT2D eigenvalue weighted by Gasteiger charge is 2.19. The number of hydrogen-bond acceptors (Lipinski definition) is 5. The number of amides is 1. The number of nitrogens with one attached hydrogen (secondary N) is 2. The van der Waals surface area contributed by atoms with Crippen molar-refractivity contribution in [3.63, 3.8) is 0 Å². The van der Waals surface area contributed by atoms with Crippen LogP contribution in [0.2, 0.25) is 5.02 Å². The molecule has 1 heterocycles. The minimum Gasteiger partial charge on any atom is -0.392 e. The molecule has 0 saturated heterocycles. The maximum atomic E-state index is 12.0. The predicted octanol–water partition coefficient (Wildman–Crippen LogP) is 1.79. The van der Waals surface area contributed by atoms with E-state index >= 15 is 0 Å². The third kappa shape index (κ3) is 3.11. The van der Waals surface area contributed by atoms with E-state index < -0.39 is 16.5 Å². The number of rotatable bonds is 4. The molecule has 0 radical (unpaired) electrons. The number of H-pyrrole nitrogens is 1. The fourth-order valence-electron chi connectivity index (χ4n) is 1.72. The van der Waals surface area contributed by atoms with Crippen molar-refractivity contribution in [1.82, 2.24) is 15.5 Å². The molecule has 0 bridgehead atoms. The summed E-state index contributed by atoms with van der Waals surface area (Å²) in [5.41, 5.74) is 6.67. The lowest BCUT2D eigenvalue weighted by Crippen LogP contribution is -2.23. The molecule has 0 spiro atoms. The van der Waals surface area contributed by atoms with Crippen LogP contribution in [0, 0.1) is 17.0 Å². The van der Waals surface area contributed by atoms with Gasteiger partial charge in [0.2, 0.25) is 0 Å². The Labute approximate surface area is 124 Å². The number of hydrogen-bond donors (Lipinski definition) is 3. The molecule has 0 fully saturated rings. The number of benzene rings is 1. The molecule has 2 aromatic rings. The second-order valence-corrected chi connectivity index (χ2v) is 4.76. The molecule has 110 valence electrons. The lowest BCUT2D eigenvalue weighted by atomic mass is 10.1. The van der Waals surface area contributed by atoms with Crippen molar-refractivity contribution in [2.45, 2.75) is 13.5 Å². The van der Waals surface area contributed by atoms with Crippen LogP contribution in [0.25, 0.3) is 0 Å². The molecule has 0 aliphatic heterocycles. The van der Waals surface area contributed by atoms with E-state index in [9.17, 15) is 14.9 Å². The van der Waals surface area contributed by atoms with Crippen LogP contribution in [0.1, 0.15) is 21.6 Å². The third-order valence-corrected chi connectivity index (χ3v) is 3.25. The fraction of sp³-hybridized carbons (Fsp3) is 0.167. The number of aromatic amines is 1. The van der Waals surface area contributed by atoms with Crippen LogP contribution in [0.3, 0.4) is 0 Å². The Morgan fingerprint density at radius 3 is 2.86 bits per heavy atom. The SMILES string of the molecule is Cc1[nH]ncc1CNC(=O)c1cc(Cl)c(N)c([N+](=O)[O-])c1. The molecule has 4 N–H and O–H groups in total. The first kappa shape index (κ1) is 14.8. The Bertz CT molecular complexity index is 713. The van der Waals surface area contributed by atoms with E-state index in [1.54, 1.807) is 6.20 Å². The molecule has 1 aromatic heterocycles. The minimum atomic E-state index is -0.682. The van der Waals surface area contributed by atoms with Gasteiger partial charge in [-0.2, -0.15) is 5.10 Å². The van der Waals surface area contributed by atoms with Crippen molar-refractivity contribution in [3.8, 4) is 0 Å². The van der Waals surface area contributed by atoms with E-state index in [4.69, 9.17) is 17.3 Å². The monoisotopic (exact) mass is 309 g/mol. The zero-order valence-electron chi connectivity index (χ0n) is 11.0. The maximum absolute atomic E-state index is 12.0. The van der Waals surface area contributed by atoms with Gasteiger partial charge in [0.15, 0.2) is 0 Å². The number of aromatic nitrogens is 2. The Kier molecular flexibility index (Phi) is 4.08. The average molecular weight is 310 g/mol. The molecule has 0 atom stereocenters. The summed E-state index contributed by atoms with van der Waals surface area (Å²) >= 11 is 5.81. The lowest BCUT2D eigenvalue weighted by Gasteiger charge is -2.07. The number of aryl methyl sites for hydroxylation is 1. The smallest absolute Gasteiger partial charge is 0.294 e. The number of nitrogen functional groups attached to an aromatic ring is 1. The molecule has 21 heavy (non-hydrogen) atoms. The summed E-state index contributed by atoms with van der Waals surface area (Å²) in [6.45, 7) is 2.07. The third-order valence-electron chi connectivity index (χ3n) is 2.94. The van der Waals surface area contributed by atoms with E-state index in [1.807, 2.05) is 6.92 Å². The summed E-state index contributed by atoms with van der Waals surface area (Å²) in [6, 6.07) is 2.39. The number of nitro groups is 1. The topological polar surface area (TPSA) is 127 Å². The summed E-state index contributed by atoms with van der Waals surface area (Å²) in [7, 11) is 0. The number of nitro benzene ring substituents is 1. The van der Waals surface area contributed by atoms with Gasteiger partial charge in [-0.15, -0.1) is 0 Å². The molecular weight excluding hydrogens is 298 g/mol. The zero-order valence-corrected chi connectivity index (χ0v) is 11.8. The highest BCUT2D eigenvalue weighted by atomic mass is 35.5. The predicted molar refractivity (Wildman–Crippen MR) is 77.0 cm³/mol. The van der Waals surface area contributed by atoms with Crippen LogP contribution >= 0.6 is 11.6 Å². The van der Waals surface area contributed by atoms with Crippen LogP contribution in [-0.2, 0) is 6.54 Å². The highest BCUT2D eigenvalue weighted by molar-refractivity contribution is 6.34. The molecule has 0 saturated carbocycles. The molecule has 1 amide bonds. The van der Waals surface area contributed by atoms with Crippen LogP contribution in [0.4, 0.5) is 11.4 Å². The molecule has 9 heteroatoms. The lowest BCUT2D eigenvalue weighted by molar-refractivity contribution is -0.383. The van der Waals surface area contributed by atoms with Gasteiger partial charge in [-0.1, -0.05) is 11.6 Å². The Hall–Kier alpha value is -2.61. The van der Waals surface area contributed by atoms with Gasteiger partial charge in [-0.3, -0.25) is 20.0 Å². The molecule has 0 aliphatic carbocycles. The summed E-state index contributed by atoms with van der Waals surface area (Å²) in [6.07, 6.45) is 1.59. The fourth-order valence-corrected chi connectivity index (χ4v) is 1.93. The maximum Gasteiger partial charge on any atom is 0.294 e. The Balaban J connectivity index is 2.20. The van der Waals surface area contributed by atoms with Crippen molar-refractivity contribution in [3.05, 3.63) is 50.3 Å². The minimum absolute atomic E-state index is 0.0335. The largest absolute Gasteiger partial charge is 0.392 e. The van der Waals surface area contributed by atoms with Crippen molar-refractivity contribution in [2.75, 3.05) is 5.73 Å². The normalized spacial score (nSPS) is 10.4. The number of nitrogens with zero attached hydrogens (tertiary/aromatic N) is 2. The van der Waals surface area contributed by atoms with Crippen molar-refractivity contribution in [2.24, 2.45) is 0 Å². The average Bonchev–Trinajstić information content (AvgIpc) is 2.84. The second-order valence-electron chi connectivity index (χ2n) is 4.35. The van der Waals surface area contributed by atoms with Crippen LogP contribution < -0.4 is 11.1 Å². The quantitative estimate of drug-likeness (QED) is 0.451. The first-order valence-electron chi connectivity index (χ1n) is 5.90. The van der Waals surface area contributed by atoms with Gasteiger partial charge in [0, 0.05) is 29.4 Å².